The van der Waals surface area contributed by atoms with E-state index in [0.29, 0.717) is 11.3 Å². The molecule has 6 heteroatoms. The summed E-state index contributed by atoms with van der Waals surface area (Å²) in [6.45, 7) is 3.61. The number of carbonyl (C=O) groups is 2. The summed E-state index contributed by atoms with van der Waals surface area (Å²) in [4.78, 5) is 22.5. The highest BCUT2D eigenvalue weighted by Crippen LogP contribution is 2.40. The summed E-state index contributed by atoms with van der Waals surface area (Å²) in [5, 5.41) is 20.1. The van der Waals surface area contributed by atoms with Gasteiger partial charge < -0.3 is 20.3 Å². The largest absolute Gasteiger partial charge is 0.489 e. The van der Waals surface area contributed by atoms with Gasteiger partial charge in [0.1, 0.15) is 11.9 Å². The van der Waals surface area contributed by atoms with Crippen LogP contribution in [0.1, 0.15) is 35.7 Å². The molecule has 1 heterocycles. The standard InChI is InChI=1S/C14H17NO5/c1-7-8(2)20-12-9(7)4-3-5-10(12)13(17)15-6-11(16)14(18)19/h3-5,7-8,11,16H,6H2,1-2H3,(H,15,17)(H,18,19). The number of rotatable bonds is 4. The van der Waals surface area contributed by atoms with E-state index >= 15 is 0 Å². The summed E-state index contributed by atoms with van der Waals surface area (Å²) in [7, 11) is 0. The van der Waals surface area contributed by atoms with E-state index in [2.05, 4.69) is 5.32 Å². The molecule has 108 valence electrons. The van der Waals surface area contributed by atoms with Gasteiger partial charge in [-0.3, -0.25) is 4.79 Å². The van der Waals surface area contributed by atoms with Crippen molar-refractivity contribution >= 4 is 11.9 Å². The van der Waals surface area contributed by atoms with Crippen molar-refractivity contribution in [3.63, 3.8) is 0 Å². The minimum atomic E-state index is -1.62. The molecule has 3 unspecified atom stereocenters. The highest BCUT2D eigenvalue weighted by Gasteiger charge is 2.31. The van der Waals surface area contributed by atoms with Crippen LogP contribution in [0.3, 0.4) is 0 Å². The van der Waals surface area contributed by atoms with Crippen LogP contribution in [0.2, 0.25) is 0 Å². The molecule has 0 saturated carbocycles. The van der Waals surface area contributed by atoms with Crippen molar-refractivity contribution in [2.24, 2.45) is 0 Å². The fourth-order valence-electron chi connectivity index (χ4n) is 2.14. The lowest BCUT2D eigenvalue weighted by Crippen LogP contribution is -2.36. The number of nitrogens with one attached hydrogen (secondary N) is 1. The summed E-state index contributed by atoms with van der Waals surface area (Å²) in [5.74, 6) is -1.09. The molecule has 1 aromatic carbocycles. The first-order chi connectivity index (χ1) is 9.41. The number of carboxylic acid groups (broad SMARTS) is 1. The molecule has 20 heavy (non-hydrogen) atoms. The maximum atomic E-state index is 12.0. The normalized spacial score (nSPS) is 21.8. The van der Waals surface area contributed by atoms with E-state index in [1.54, 1.807) is 12.1 Å². The Labute approximate surface area is 116 Å². The van der Waals surface area contributed by atoms with Crippen LogP contribution >= 0.6 is 0 Å². The van der Waals surface area contributed by atoms with E-state index in [1.165, 1.54) is 0 Å². The van der Waals surface area contributed by atoms with Crippen LogP contribution in [0.25, 0.3) is 0 Å². The molecule has 2 rings (SSSR count). The van der Waals surface area contributed by atoms with Crippen LogP contribution in [-0.2, 0) is 4.79 Å². The van der Waals surface area contributed by atoms with Crippen LogP contribution in [-0.4, -0.2) is 40.8 Å². The fraction of sp³-hybridized carbons (Fsp3) is 0.429. The maximum Gasteiger partial charge on any atom is 0.334 e. The van der Waals surface area contributed by atoms with Gasteiger partial charge in [0.25, 0.3) is 5.91 Å². The van der Waals surface area contributed by atoms with E-state index in [1.807, 2.05) is 19.9 Å². The van der Waals surface area contributed by atoms with Crippen molar-refractivity contribution < 1.29 is 24.5 Å². The molecule has 1 aromatic rings. The van der Waals surface area contributed by atoms with Gasteiger partial charge in [-0.15, -0.1) is 0 Å². The number of carbonyl (C=O) groups excluding carboxylic acids is 1. The smallest absolute Gasteiger partial charge is 0.334 e. The summed E-state index contributed by atoms with van der Waals surface area (Å²) in [5.41, 5.74) is 1.32. The number of amides is 1. The van der Waals surface area contributed by atoms with Gasteiger partial charge in [-0.25, -0.2) is 4.79 Å². The Kier molecular flexibility index (Phi) is 3.94. The van der Waals surface area contributed by atoms with Crippen LogP contribution < -0.4 is 10.1 Å². The highest BCUT2D eigenvalue weighted by molar-refractivity contribution is 5.97. The third-order valence-corrected chi connectivity index (χ3v) is 3.53. The Bertz CT molecular complexity index is 542. The molecular formula is C14H17NO5. The molecule has 6 nitrogen and oxygen atoms in total. The van der Waals surface area contributed by atoms with Gasteiger partial charge in [0.15, 0.2) is 6.10 Å². The van der Waals surface area contributed by atoms with Gasteiger partial charge in [-0.05, 0) is 13.0 Å². The number of aliphatic hydroxyl groups excluding tert-OH is 1. The Morgan fingerprint density at radius 2 is 2.10 bits per heavy atom. The number of hydrogen-bond acceptors (Lipinski definition) is 4. The number of fused-ring (bicyclic) bond motifs is 1. The van der Waals surface area contributed by atoms with Gasteiger partial charge >= 0.3 is 5.97 Å². The molecule has 0 radical (unpaired) electrons. The number of ether oxygens (including phenoxy) is 1. The number of para-hydroxylation sites is 1. The Morgan fingerprint density at radius 3 is 2.75 bits per heavy atom. The second-order valence-corrected chi connectivity index (χ2v) is 4.90. The molecule has 3 N–H and O–H groups in total. The molecule has 0 bridgehead atoms. The first kappa shape index (κ1) is 14.3. The van der Waals surface area contributed by atoms with Gasteiger partial charge in [0, 0.05) is 11.5 Å². The Morgan fingerprint density at radius 1 is 1.40 bits per heavy atom. The van der Waals surface area contributed by atoms with E-state index in [9.17, 15) is 9.59 Å². The lowest BCUT2D eigenvalue weighted by molar-refractivity contribution is -0.146. The molecule has 1 aliphatic heterocycles. The van der Waals surface area contributed by atoms with Crippen LogP contribution in [0, 0.1) is 0 Å². The number of aliphatic carboxylic acids is 1. The fourth-order valence-corrected chi connectivity index (χ4v) is 2.14. The molecular weight excluding hydrogens is 262 g/mol. The predicted octanol–water partition coefficient (Wildman–Crippen LogP) is 0.746. The highest BCUT2D eigenvalue weighted by atomic mass is 16.5. The van der Waals surface area contributed by atoms with Crippen LogP contribution in [0.5, 0.6) is 5.75 Å². The molecule has 0 aromatic heterocycles. The van der Waals surface area contributed by atoms with Crippen LogP contribution in [0.4, 0.5) is 0 Å². The molecule has 1 amide bonds. The van der Waals surface area contributed by atoms with Crippen LogP contribution in [0.15, 0.2) is 18.2 Å². The lowest BCUT2D eigenvalue weighted by atomic mass is 9.97. The average molecular weight is 279 g/mol. The lowest BCUT2D eigenvalue weighted by Gasteiger charge is -2.11. The first-order valence-electron chi connectivity index (χ1n) is 6.40. The molecule has 1 aliphatic rings. The van der Waals surface area contributed by atoms with Crippen molar-refractivity contribution in [1.29, 1.82) is 0 Å². The second-order valence-electron chi connectivity index (χ2n) is 4.90. The van der Waals surface area contributed by atoms with Gasteiger partial charge in [-0.1, -0.05) is 19.1 Å². The minimum Gasteiger partial charge on any atom is -0.489 e. The summed E-state index contributed by atoms with van der Waals surface area (Å²) in [6, 6.07) is 5.29. The molecule has 0 aliphatic carbocycles. The van der Waals surface area contributed by atoms with Crippen molar-refractivity contribution in [2.45, 2.75) is 32.0 Å². The first-order valence-corrected chi connectivity index (χ1v) is 6.40. The Balaban J connectivity index is 2.15. The van der Waals surface area contributed by atoms with Crippen molar-refractivity contribution in [3.8, 4) is 5.75 Å². The topological polar surface area (TPSA) is 95.9 Å². The zero-order valence-electron chi connectivity index (χ0n) is 11.3. The second kappa shape index (κ2) is 5.50. The van der Waals surface area contributed by atoms with E-state index in [0.717, 1.165) is 5.56 Å². The number of aliphatic hydroxyl groups is 1. The summed E-state index contributed by atoms with van der Waals surface area (Å²) >= 11 is 0. The monoisotopic (exact) mass is 279 g/mol. The molecule has 0 saturated heterocycles. The number of benzene rings is 1. The zero-order chi connectivity index (χ0) is 14.9. The van der Waals surface area contributed by atoms with Gasteiger partial charge in [0.2, 0.25) is 0 Å². The molecule has 0 spiro atoms. The van der Waals surface area contributed by atoms with Crippen molar-refractivity contribution in [1.82, 2.24) is 5.32 Å². The quantitative estimate of drug-likeness (QED) is 0.755. The summed E-state index contributed by atoms with van der Waals surface area (Å²) < 4.78 is 5.69. The van der Waals surface area contributed by atoms with E-state index in [4.69, 9.17) is 14.9 Å². The summed E-state index contributed by atoms with van der Waals surface area (Å²) in [6.07, 6.45) is -1.63. The molecule has 3 atom stereocenters. The van der Waals surface area contributed by atoms with Gasteiger partial charge in [-0.2, -0.15) is 0 Å². The number of carboxylic acids is 1. The maximum absolute atomic E-state index is 12.0. The SMILES string of the molecule is CC1Oc2c(C(=O)NCC(O)C(=O)O)cccc2C1C. The third-order valence-electron chi connectivity index (χ3n) is 3.53. The van der Waals surface area contributed by atoms with Crippen molar-refractivity contribution in [2.75, 3.05) is 6.54 Å². The van der Waals surface area contributed by atoms with E-state index in [-0.39, 0.29) is 18.6 Å². The number of hydrogen-bond donors (Lipinski definition) is 3. The Hall–Kier alpha value is -2.08. The van der Waals surface area contributed by atoms with Crippen molar-refractivity contribution in [3.05, 3.63) is 29.3 Å². The zero-order valence-corrected chi connectivity index (χ0v) is 11.3. The molecule has 0 fully saturated rings. The van der Waals surface area contributed by atoms with E-state index < -0.39 is 18.0 Å². The minimum absolute atomic E-state index is 0.0106. The third kappa shape index (κ3) is 2.60. The van der Waals surface area contributed by atoms with Gasteiger partial charge in [0.05, 0.1) is 12.1 Å². The average Bonchev–Trinajstić information content (AvgIpc) is 2.71. The predicted molar refractivity (Wildman–Crippen MR) is 70.9 cm³/mol.